The van der Waals surface area contributed by atoms with Crippen LogP contribution in [-0.4, -0.2) is 31.5 Å². The number of halogens is 1. The molecule has 4 nitrogen and oxygen atoms in total. The van der Waals surface area contributed by atoms with Crippen molar-refractivity contribution >= 4 is 18.2 Å². The average Bonchev–Trinajstić information content (AvgIpc) is 2.87. The van der Waals surface area contributed by atoms with Crippen LogP contribution in [0.15, 0.2) is 22.8 Å². The number of hydrogen-bond acceptors (Lipinski definition) is 4. The van der Waals surface area contributed by atoms with E-state index < -0.39 is 0 Å². The fourth-order valence-corrected chi connectivity index (χ4v) is 1.59. The number of hydrogen-bond donors (Lipinski definition) is 2. The third-order valence-corrected chi connectivity index (χ3v) is 2.41. The van der Waals surface area contributed by atoms with Gasteiger partial charge in [0.25, 0.3) is 0 Å². The number of ketones is 1. The van der Waals surface area contributed by atoms with Gasteiger partial charge in [0.15, 0.2) is 5.76 Å². The van der Waals surface area contributed by atoms with Crippen molar-refractivity contribution in [2.45, 2.75) is 12.5 Å². The Morgan fingerprint density at radius 3 is 3.13 bits per heavy atom. The summed E-state index contributed by atoms with van der Waals surface area (Å²) in [5, 5.41) is 6.43. The zero-order valence-corrected chi connectivity index (χ0v) is 9.18. The van der Waals surface area contributed by atoms with Crippen LogP contribution in [-0.2, 0) is 0 Å². The van der Waals surface area contributed by atoms with Crippen molar-refractivity contribution in [1.82, 2.24) is 10.6 Å². The molecule has 1 aromatic rings. The minimum absolute atomic E-state index is 0. The van der Waals surface area contributed by atoms with E-state index in [9.17, 15) is 4.79 Å². The Bertz CT molecular complexity index is 294. The lowest BCUT2D eigenvalue weighted by Crippen LogP contribution is -2.35. The van der Waals surface area contributed by atoms with Crippen molar-refractivity contribution < 1.29 is 9.21 Å². The van der Waals surface area contributed by atoms with Crippen LogP contribution in [0.2, 0.25) is 0 Å². The second kappa shape index (κ2) is 5.90. The Balaban J connectivity index is 0.00000112. The molecule has 1 aliphatic rings. The van der Waals surface area contributed by atoms with Crippen LogP contribution in [0.1, 0.15) is 17.0 Å². The lowest BCUT2D eigenvalue weighted by Gasteiger charge is -2.08. The lowest BCUT2D eigenvalue weighted by molar-refractivity contribution is 0.0961. The monoisotopic (exact) mass is 230 g/mol. The third-order valence-electron chi connectivity index (χ3n) is 2.41. The highest BCUT2D eigenvalue weighted by molar-refractivity contribution is 5.94. The fraction of sp³-hybridized carbons (Fsp3) is 0.500. The van der Waals surface area contributed by atoms with Crippen molar-refractivity contribution in [3.05, 3.63) is 24.2 Å². The first-order valence-electron chi connectivity index (χ1n) is 4.87. The summed E-state index contributed by atoms with van der Waals surface area (Å²) in [5.41, 5.74) is 0. The summed E-state index contributed by atoms with van der Waals surface area (Å²) < 4.78 is 5.01. The standard InChI is InChI=1S/C10H14N2O2.ClH/c13-9(10-2-1-5-14-10)7-12-8-3-4-11-6-8;/h1-2,5,8,11-12H,3-4,6-7H2;1H/t8-;/m0./s1. The van der Waals surface area contributed by atoms with E-state index in [1.165, 1.54) is 6.26 Å². The van der Waals surface area contributed by atoms with Gasteiger partial charge in [-0.1, -0.05) is 0 Å². The molecule has 0 saturated carbocycles. The predicted molar refractivity (Wildman–Crippen MR) is 59.6 cm³/mol. The number of carbonyl (C=O) groups excluding carboxylic acids is 1. The molecule has 0 amide bonds. The number of rotatable bonds is 4. The smallest absolute Gasteiger partial charge is 0.211 e. The van der Waals surface area contributed by atoms with Crippen LogP contribution in [0.3, 0.4) is 0 Å². The molecule has 0 unspecified atom stereocenters. The molecule has 2 rings (SSSR count). The summed E-state index contributed by atoms with van der Waals surface area (Å²) in [6.07, 6.45) is 2.61. The first kappa shape index (κ1) is 12.2. The summed E-state index contributed by atoms with van der Waals surface area (Å²) in [6.45, 7) is 2.35. The Labute approximate surface area is 94.8 Å². The zero-order valence-electron chi connectivity index (χ0n) is 8.36. The summed E-state index contributed by atoms with van der Waals surface area (Å²) in [5.74, 6) is 0.449. The zero-order chi connectivity index (χ0) is 9.80. The Morgan fingerprint density at radius 2 is 2.53 bits per heavy atom. The molecule has 84 valence electrons. The maximum atomic E-state index is 11.5. The van der Waals surface area contributed by atoms with E-state index in [0.717, 1.165) is 19.5 Å². The molecule has 0 aromatic carbocycles. The highest BCUT2D eigenvalue weighted by atomic mass is 35.5. The first-order chi connectivity index (χ1) is 6.86. The summed E-state index contributed by atoms with van der Waals surface area (Å²) in [7, 11) is 0. The number of furan rings is 1. The molecule has 1 aromatic heterocycles. The summed E-state index contributed by atoms with van der Waals surface area (Å²) >= 11 is 0. The molecule has 2 N–H and O–H groups in total. The molecule has 0 aliphatic carbocycles. The van der Waals surface area contributed by atoms with E-state index in [4.69, 9.17) is 4.42 Å². The molecule has 5 heteroatoms. The SMILES string of the molecule is Cl.O=C(CN[C@H]1CCNC1)c1ccco1. The number of carbonyl (C=O) groups is 1. The van der Waals surface area contributed by atoms with Gasteiger partial charge in [-0.3, -0.25) is 4.79 Å². The van der Waals surface area contributed by atoms with Gasteiger partial charge in [-0.25, -0.2) is 0 Å². The number of nitrogens with one attached hydrogen (secondary N) is 2. The number of Topliss-reactive ketones (excluding diaryl/α,β-unsaturated/α-hetero) is 1. The maximum Gasteiger partial charge on any atom is 0.211 e. The minimum atomic E-state index is 0. The van der Waals surface area contributed by atoms with E-state index in [0.29, 0.717) is 18.3 Å². The normalized spacial score (nSPS) is 19.9. The molecule has 1 fully saturated rings. The summed E-state index contributed by atoms with van der Waals surface area (Å²) in [6, 6.07) is 3.84. The van der Waals surface area contributed by atoms with Crippen molar-refractivity contribution in [3.63, 3.8) is 0 Å². The largest absolute Gasteiger partial charge is 0.461 e. The van der Waals surface area contributed by atoms with Gasteiger partial charge < -0.3 is 15.1 Å². The Kier molecular flexibility index (Phi) is 4.81. The van der Waals surface area contributed by atoms with Crippen molar-refractivity contribution in [1.29, 1.82) is 0 Å². The Morgan fingerprint density at radius 1 is 1.67 bits per heavy atom. The van der Waals surface area contributed by atoms with E-state index in [1.54, 1.807) is 12.1 Å². The van der Waals surface area contributed by atoms with Gasteiger partial charge in [0, 0.05) is 12.6 Å². The minimum Gasteiger partial charge on any atom is -0.461 e. The Hall–Kier alpha value is -0.840. The quantitative estimate of drug-likeness (QED) is 0.753. The van der Waals surface area contributed by atoms with Gasteiger partial charge in [-0.2, -0.15) is 0 Å². The first-order valence-corrected chi connectivity index (χ1v) is 4.87. The average molecular weight is 231 g/mol. The van der Waals surface area contributed by atoms with Crippen LogP contribution in [0.4, 0.5) is 0 Å². The second-order valence-corrected chi connectivity index (χ2v) is 3.47. The third kappa shape index (κ3) is 3.34. The molecular weight excluding hydrogens is 216 g/mol. The van der Waals surface area contributed by atoms with Crippen LogP contribution in [0.5, 0.6) is 0 Å². The van der Waals surface area contributed by atoms with Gasteiger partial charge in [-0.05, 0) is 25.1 Å². The van der Waals surface area contributed by atoms with Gasteiger partial charge in [0.2, 0.25) is 5.78 Å². The van der Waals surface area contributed by atoms with Gasteiger partial charge in [0.05, 0.1) is 12.8 Å². The predicted octanol–water partition coefficient (Wildman–Crippen LogP) is 0.836. The summed E-state index contributed by atoms with van der Waals surface area (Å²) in [4.78, 5) is 11.5. The molecule has 1 aliphatic heterocycles. The molecule has 0 spiro atoms. The molecule has 1 saturated heterocycles. The molecule has 0 radical (unpaired) electrons. The molecule has 1 atom stereocenters. The van der Waals surface area contributed by atoms with E-state index in [2.05, 4.69) is 10.6 Å². The highest BCUT2D eigenvalue weighted by Gasteiger charge is 2.16. The van der Waals surface area contributed by atoms with Gasteiger partial charge in [-0.15, -0.1) is 12.4 Å². The molecule has 2 heterocycles. The van der Waals surface area contributed by atoms with Gasteiger partial charge >= 0.3 is 0 Å². The van der Waals surface area contributed by atoms with Crippen molar-refractivity contribution in [2.24, 2.45) is 0 Å². The van der Waals surface area contributed by atoms with Crippen LogP contribution in [0, 0.1) is 0 Å². The van der Waals surface area contributed by atoms with Crippen LogP contribution in [0.25, 0.3) is 0 Å². The van der Waals surface area contributed by atoms with Gasteiger partial charge in [0.1, 0.15) is 0 Å². The fourth-order valence-electron chi connectivity index (χ4n) is 1.59. The topological polar surface area (TPSA) is 54.3 Å². The second-order valence-electron chi connectivity index (χ2n) is 3.47. The molecule has 0 bridgehead atoms. The molecular formula is C10H15ClN2O2. The van der Waals surface area contributed by atoms with E-state index in [-0.39, 0.29) is 18.2 Å². The van der Waals surface area contributed by atoms with Crippen molar-refractivity contribution in [3.8, 4) is 0 Å². The molecule has 15 heavy (non-hydrogen) atoms. The van der Waals surface area contributed by atoms with E-state index >= 15 is 0 Å². The highest BCUT2D eigenvalue weighted by Crippen LogP contribution is 2.02. The maximum absolute atomic E-state index is 11.5. The van der Waals surface area contributed by atoms with Crippen molar-refractivity contribution in [2.75, 3.05) is 19.6 Å². The van der Waals surface area contributed by atoms with Crippen LogP contribution < -0.4 is 10.6 Å². The van der Waals surface area contributed by atoms with E-state index in [1.807, 2.05) is 0 Å². The lowest BCUT2D eigenvalue weighted by atomic mass is 10.2. The van der Waals surface area contributed by atoms with Crippen LogP contribution >= 0.6 is 12.4 Å².